The Bertz CT molecular complexity index is 503. The highest BCUT2D eigenvalue weighted by Crippen LogP contribution is 2.17. The predicted molar refractivity (Wildman–Crippen MR) is 94.8 cm³/mol. The number of carbonyl (C=O) groups is 1. The van der Waals surface area contributed by atoms with Crippen LogP contribution < -0.4 is 11.1 Å². The molecule has 2 unspecified atom stereocenters. The van der Waals surface area contributed by atoms with Gasteiger partial charge in [0, 0.05) is 19.1 Å². The summed E-state index contributed by atoms with van der Waals surface area (Å²) in [6.45, 7) is 7.28. The van der Waals surface area contributed by atoms with Crippen LogP contribution in [0.25, 0.3) is 0 Å². The first-order valence-electron chi connectivity index (χ1n) is 9.35. The molecule has 1 aliphatic rings. The first-order valence-corrected chi connectivity index (χ1v) is 9.35. The van der Waals surface area contributed by atoms with Crippen molar-refractivity contribution in [3.05, 3.63) is 17.8 Å². The van der Waals surface area contributed by atoms with Crippen molar-refractivity contribution in [2.24, 2.45) is 5.73 Å². The van der Waals surface area contributed by atoms with E-state index >= 15 is 0 Å². The molecule has 24 heavy (non-hydrogen) atoms. The smallest absolute Gasteiger partial charge is 0.273 e. The number of rotatable bonds is 9. The highest BCUT2D eigenvalue weighted by atomic mass is 16.3. The first kappa shape index (κ1) is 18.9. The third-order valence-corrected chi connectivity index (χ3v) is 4.79. The molecule has 0 saturated carbocycles. The lowest BCUT2D eigenvalue weighted by molar-refractivity contribution is 0.0944. The Morgan fingerprint density at radius 1 is 1.50 bits per heavy atom. The van der Waals surface area contributed by atoms with Gasteiger partial charge in [-0.25, -0.2) is 4.98 Å². The average molecular weight is 336 g/mol. The monoisotopic (exact) mass is 336 g/mol. The number of aromatic nitrogens is 1. The molecule has 2 rings (SSSR count). The van der Waals surface area contributed by atoms with E-state index < -0.39 is 0 Å². The van der Waals surface area contributed by atoms with Gasteiger partial charge in [-0.15, -0.1) is 0 Å². The van der Waals surface area contributed by atoms with Crippen LogP contribution in [-0.2, 0) is 0 Å². The largest absolute Gasteiger partial charge is 0.446 e. The third-order valence-electron chi connectivity index (χ3n) is 4.79. The number of piperidine rings is 1. The molecule has 1 aromatic rings. The summed E-state index contributed by atoms with van der Waals surface area (Å²) in [5.74, 6) is 0.273. The van der Waals surface area contributed by atoms with Gasteiger partial charge < -0.3 is 20.4 Å². The Morgan fingerprint density at radius 2 is 2.33 bits per heavy atom. The zero-order chi connectivity index (χ0) is 17.4. The van der Waals surface area contributed by atoms with E-state index in [-0.39, 0.29) is 11.9 Å². The zero-order valence-electron chi connectivity index (χ0n) is 15.1. The SMILES string of the molecule is CCCCC(N)c1nc(C(=O)NCCCN2CCCCC2C)co1. The minimum absolute atomic E-state index is 0.181. The number of carbonyl (C=O) groups excluding carboxylic acids is 1. The van der Waals surface area contributed by atoms with Crippen molar-refractivity contribution < 1.29 is 9.21 Å². The highest BCUT2D eigenvalue weighted by Gasteiger charge is 2.18. The minimum Gasteiger partial charge on any atom is -0.446 e. The van der Waals surface area contributed by atoms with E-state index in [1.807, 2.05) is 0 Å². The van der Waals surface area contributed by atoms with E-state index in [0.29, 0.717) is 24.2 Å². The molecule has 2 heterocycles. The lowest BCUT2D eigenvalue weighted by atomic mass is 10.0. The summed E-state index contributed by atoms with van der Waals surface area (Å²) in [7, 11) is 0. The molecule has 0 bridgehead atoms. The number of likely N-dealkylation sites (tertiary alicyclic amines) is 1. The van der Waals surface area contributed by atoms with Crippen LogP contribution >= 0.6 is 0 Å². The lowest BCUT2D eigenvalue weighted by Gasteiger charge is -2.33. The highest BCUT2D eigenvalue weighted by molar-refractivity contribution is 5.91. The molecule has 0 aliphatic carbocycles. The fraction of sp³-hybridized carbons (Fsp3) is 0.778. The van der Waals surface area contributed by atoms with Crippen molar-refractivity contribution in [2.45, 2.75) is 70.9 Å². The molecule has 1 fully saturated rings. The Hall–Kier alpha value is -1.40. The van der Waals surface area contributed by atoms with Crippen LogP contribution in [0.15, 0.2) is 10.7 Å². The lowest BCUT2D eigenvalue weighted by Crippen LogP contribution is -2.39. The predicted octanol–water partition coefficient (Wildman–Crippen LogP) is 2.86. The molecule has 0 radical (unpaired) electrons. The Kier molecular flexibility index (Phi) is 7.72. The molecule has 1 aliphatic heterocycles. The normalized spacial score (nSPS) is 20.0. The van der Waals surface area contributed by atoms with E-state index in [2.05, 4.69) is 29.0 Å². The second-order valence-electron chi connectivity index (χ2n) is 6.81. The third kappa shape index (κ3) is 5.60. The number of oxazole rings is 1. The quantitative estimate of drug-likeness (QED) is 0.677. The Morgan fingerprint density at radius 3 is 3.08 bits per heavy atom. The van der Waals surface area contributed by atoms with Crippen LogP contribution in [0, 0.1) is 0 Å². The Labute approximate surface area is 145 Å². The van der Waals surface area contributed by atoms with Gasteiger partial charge in [-0.1, -0.05) is 26.2 Å². The molecular formula is C18H32N4O2. The van der Waals surface area contributed by atoms with E-state index in [4.69, 9.17) is 10.2 Å². The molecule has 1 aromatic heterocycles. The van der Waals surface area contributed by atoms with Crippen LogP contribution in [0.3, 0.4) is 0 Å². The van der Waals surface area contributed by atoms with Crippen LogP contribution in [-0.4, -0.2) is 41.5 Å². The summed E-state index contributed by atoms with van der Waals surface area (Å²) in [5.41, 5.74) is 6.34. The van der Waals surface area contributed by atoms with Gasteiger partial charge in [0.15, 0.2) is 5.69 Å². The summed E-state index contributed by atoms with van der Waals surface area (Å²) in [6.07, 6.45) is 9.20. The first-order chi connectivity index (χ1) is 11.6. The average Bonchev–Trinajstić information content (AvgIpc) is 3.08. The van der Waals surface area contributed by atoms with E-state index in [1.165, 1.54) is 32.1 Å². The van der Waals surface area contributed by atoms with E-state index in [9.17, 15) is 4.79 Å². The maximum Gasteiger partial charge on any atom is 0.273 e. The molecule has 3 N–H and O–H groups in total. The summed E-state index contributed by atoms with van der Waals surface area (Å²) in [5, 5.41) is 2.92. The maximum absolute atomic E-state index is 12.1. The molecule has 1 amide bonds. The van der Waals surface area contributed by atoms with E-state index in [1.54, 1.807) is 0 Å². The zero-order valence-corrected chi connectivity index (χ0v) is 15.1. The molecule has 6 nitrogen and oxygen atoms in total. The second-order valence-corrected chi connectivity index (χ2v) is 6.81. The molecule has 2 atom stereocenters. The summed E-state index contributed by atoms with van der Waals surface area (Å²) >= 11 is 0. The molecule has 0 aromatic carbocycles. The Balaban J connectivity index is 1.69. The topological polar surface area (TPSA) is 84.4 Å². The maximum atomic E-state index is 12.1. The summed E-state index contributed by atoms with van der Waals surface area (Å²) < 4.78 is 5.35. The van der Waals surface area contributed by atoms with Crippen LogP contribution in [0.5, 0.6) is 0 Å². The van der Waals surface area contributed by atoms with Crippen LogP contribution in [0.2, 0.25) is 0 Å². The fourth-order valence-corrected chi connectivity index (χ4v) is 3.17. The number of nitrogens with zero attached hydrogens (tertiary/aromatic N) is 2. The number of hydrogen-bond donors (Lipinski definition) is 2. The van der Waals surface area contributed by atoms with Gasteiger partial charge in [-0.05, 0) is 39.2 Å². The van der Waals surface area contributed by atoms with Crippen molar-refractivity contribution >= 4 is 5.91 Å². The molecule has 136 valence electrons. The minimum atomic E-state index is -0.230. The molecule has 1 saturated heterocycles. The van der Waals surface area contributed by atoms with Gasteiger partial charge >= 0.3 is 0 Å². The number of amides is 1. The van der Waals surface area contributed by atoms with Crippen LogP contribution in [0.4, 0.5) is 0 Å². The number of unbranched alkanes of at least 4 members (excludes halogenated alkanes) is 1. The van der Waals surface area contributed by atoms with Crippen molar-refractivity contribution in [1.29, 1.82) is 0 Å². The van der Waals surface area contributed by atoms with Crippen molar-refractivity contribution in [1.82, 2.24) is 15.2 Å². The van der Waals surface area contributed by atoms with Gasteiger partial charge in [-0.2, -0.15) is 0 Å². The van der Waals surface area contributed by atoms with Gasteiger partial charge in [0.05, 0.1) is 6.04 Å². The van der Waals surface area contributed by atoms with Crippen molar-refractivity contribution in [3.63, 3.8) is 0 Å². The summed E-state index contributed by atoms with van der Waals surface area (Å²) in [6, 6.07) is 0.434. The molecule has 0 spiro atoms. The molecular weight excluding hydrogens is 304 g/mol. The number of nitrogens with one attached hydrogen (secondary N) is 1. The van der Waals surface area contributed by atoms with Crippen molar-refractivity contribution in [3.8, 4) is 0 Å². The van der Waals surface area contributed by atoms with Gasteiger partial charge in [0.1, 0.15) is 6.26 Å². The van der Waals surface area contributed by atoms with Gasteiger partial charge in [-0.3, -0.25) is 4.79 Å². The fourth-order valence-electron chi connectivity index (χ4n) is 3.17. The van der Waals surface area contributed by atoms with Gasteiger partial charge in [0.2, 0.25) is 5.89 Å². The molecule has 6 heteroatoms. The number of hydrogen-bond acceptors (Lipinski definition) is 5. The second kappa shape index (κ2) is 9.79. The summed E-state index contributed by atoms with van der Waals surface area (Å²) in [4.78, 5) is 18.9. The van der Waals surface area contributed by atoms with E-state index in [0.717, 1.165) is 32.2 Å². The van der Waals surface area contributed by atoms with Crippen LogP contribution in [0.1, 0.15) is 81.2 Å². The number of nitrogens with two attached hydrogens (primary N) is 1. The standard InChI is InChI=1S/C18H32N4O2/c1-3-4-9-15(19)18-21-16(13-24-18)17(23)20-10-7-12-22-11-6-5-8-14(22)2/h13-15H,3-12,19H2,1-2H3,(H,20,23). The van der Waals surface area contributed by atoms with Gasteiger partial charge in [0.25, 0.3) is 5.91 Å². The van der Waals surface area contributed by atoms with Crippen molar-refractivity contribution in [2.75, 3.05) is 19.6 Å².